The maximum atomic E-state index is 13.4. The molecule has 19 heteroatoms. The number of aromatic nitrogens is 3. The normalized spacial score (nSPS) is 20.8. The van der Waals surface area contributed by atoms with Crippen LogP contribution in [0.1, 0.15) is 74.4 Å². The van der Waals surface area contributed by atoms with Crippen LogP contribution in [-0.4, -0.2) is 96.4 Å². The first-order chi connectivity index (χ1) is 24.9. The number of carbonyl (C=O) groups excluding carboxylic acids is 5. The fourth-order valence-corrected chi connectivity index (χ4v) is 6.23. The van der Waals surface area contributed by atoms with Crippen LogP contribution in [0.25, 0.3) is 5.52 Å². The predicted molar refractivity (Wildman–Crippen MR) is 193 cm³/mol. The van der Waals surface area contributed by atoms with Gasteiger partial charge in [0.05, 0.1) is 11.1 Å². The molecule has 3 rings (SSSR count). The first kappa shape index (κ1) is 43.6. The summed E-state index contributed by atoms with van der Waals surface area (Å²) >= 11 is 0. The second kappa shape index (κ2) is 17.1. The Morgan fingerprint density at radius 1 is 1.04 bits per heavy atom. The molecule has 1 saturated heterocycles. The maximum Gasteiger partial charge on any atom is 0.415 e. The van der Waals surface area contributed by atoms with E-state index < -0.39 is 98.7 Å². The predicted octanol–water partition coefficient (Wildman–Crippen LogP) is 4.58. The van der Waals surface area contributed by atoms with Crippen LogP contribution >= 0.6 is 0 Å². The Labute approximate surface area is 315 Å². The number of anilines is 1. The molecule has 0 saturated carbocycles. The first-order valence-corrected chi connectivity index (χ1v) is 20.9. The number of nitrogens with zero attached hydrogens (tertiary/aromatic N) is 4. The highest BCUT2D eigenvalue weighted by Gasteiger charge is 2.62. The summed E-state index contributed by atoms with van der Waals surface area (Å²) in [6, 6.07) is 4.14. The Bertz CT molecular complexity index is 1740. The molecule has 1 aliphatic rings. The van der Waals surface area contributed by atoms with E-state index in [0.717, 1.165) is 6.33 Å². The number of fused-ring (bicyclic) bond motifs is 1. The minimum Gasteiger partial charge on any atom is -0.461 e. The van der Waals surface area contributed by atoms with Gasteiger partial charge in [-0.15, -0.1) is 0 Å². The molecule has 2 amide bonds. The van der Waals surface area contributed by atoms with E-state index in [4.69, 9.17) is 32.8 Å². The van der Waals surface area contributed by atoms with Gasteiger partial charge in [-0.1, -0.05) is 20.8 Å². The molecule has 5 atom stereocenters. The number of esters is 3. The van der Waals surface area contributed by atoms with Crippen molar-refractivity contribution in [3.63, 3.8) is 0 Å². The second-order valence-corrected chi connectivity index (χ2v) is 20.4. The third kappa shape index (κ3) is 11.1. The van der Waals surface area contributed by atoms with Crippen LogP contribution in [0.2, 0.25) is 19.6 Å². The van der Waals surface area contributed by atoms with Gasteiger partial charge in [-0.2, -0.15) is 10.4 Å². The molecule has 0 spiro atoms. The molecule has 0 bridgehead atoms. The van der Waals surface area contributed by atoms with Crippen LogP contribution in [0.4, 0.5) is 15.4 Å². The molecule has 2 aromatic heterocycles. The number of rotatable bonds is 13. The third-order valence-electron chi connectivity index (χ3n) is 7.63. The topological polar surface area (TPSA) is 228 Å². The summed E-state index contributed by atoms with van der Waals surface area (Å²) in [6.07, 6.45) is -4.41. The van der Waals surface area contributed by atoms with Crippen LogP contribution in [0.15, 0.2) is 18.5 Å². The molecule has 298 valence electrons. The van der Waals surface area contributed by atoms with E-state index in [2.05, 4.69) is 26.8 Å². The van der Waals surface area contributed by atoms with E-state index in [1.54, 1.807) is 62.3 Å². The fourth-order valence-electron chi connectivity index (χ4n) is 5.17. The van der Waals surface area contributed by atoms with Crippen LogP contribution in [0.3, 0.4) is 0 Å². The van der Waals surface area contributed by atoms with E-state index in [-0.39, 0.29) is 23.4 Å². The summed E-state index contributed by atoms with van der Waals surface area (Å²) in [5.74, 6) is -2.43. The Morgan fingerprint density at radius 3 is 2.26 bits per heavy atom. The van der Waals surface area contributed by atoms with Crippen molar-refractivity contribution in [2.45, 2.75) is 124 Å². The second-order valence-electron chi connectivity index (χ2n) is 15.9. The first-order valence-electron chi connectivity index (χ1n) is 17.5. The van der Waals surface area contributed by atoms with Crippen molar-refractivity contribution in [3.05, 3.63) is 24.2 Å². The lowest BCUT2D eigenvalue weighted by Crippen LogP contribution is -2.50. The van der Waals surface area contributed by atoms with Crippen molar-refractivity contribution in [2.24, 2.45) is 11.3 Å². The van der Waals surface area contributed by atoms with Crippen LogP contribution in [0.5, 0.6) is 0 Å². The molecule has 0 radical (unpaired) electrons. The van der Waals surface area contributed by atoms with Crippen molar-refractivity contribution in [1.82, 2.24) is 19.9 Å². The molecule has 54 heavy (non-hydrogen) atoms. The number of hydrogen-bond donors (Lipinski definition) is 2. The smallest absolute Gasteiger partial charge is 0.415 e. The fraction of sp³-hybridized carbons (Fsp3) is 0.657. The summed E-state index contributed by atoms with van der Waals surface area (Å²) in [5.41, 5.74) is -3.29. The lowest BCUT2D eigenvalue weighted by atomic mass is 9.92. The minimum atomic E-state index is -2.56. The molecular weight excluding hydrogens is 725 g/mol. The van der Waals surface area contributed by atoms with Gasteiger partial charge in [0.1, 0.15) is 48.4 Å². The van der Waals surface area contributed by atoms with Gasteiger partial charge in [-0.25, -0.2) is 23.9 Å². The van der Waals surface area contributed by atoms with Crippen molar-refractivity contribution in [3.8, 4) is 6.07 Å². The van der Waals surface area contributed by atoms with Gasteiger partial charge in [-0.05, 0) is 79.2 Å². The van der Waals surface area contributed by atoms with E-state index in [1.807, 2.05) is 19.6 Å². The zero-order valence-electron chi connectivity index (χ0n) is 32.9. The molecule has 1 unspecified atom stereocenters. The summed E-state index contributed by atoms with van der Waals surface area (Å²) in [6.45, 7) is 19.5. The molecule has 3 heterocycles. The molecule has 1 aliphatic heterocycles. The number of nitriles is 1. The quantitative estimate of drug-likeness (QED) is 0.123. The highest BCUT2D eigenvalue weighted by atomic mass is 28.4. The molecule has 2 aromatic rings. The van der Waals surface area contributed by atoms with E-state index in [0.29, 0.717) is 0 Å². The highest BCUT2D eigenvalue weighted by molar-refractivity contribution is 6.69. The standard InChI is InChI=1S/C35H52N6O12Si/c1-13-24(42)50-26-22(16-47-29(43)25(20(2)3)39-32(46)52-34(7,8)9)51-35(17-36,27(26)53-54(10,11)12)23-15-14-21-28(37-18-38-41(21)23)40-31(45)49-19-48-30(44)33(4,5)6/h14-15,18,20,22,25-27H,13,16,19H2,1-12H3,(H,39,46)(H,37,38,40,45)/t22-,25+,26-,27?,35+/m1/s1. The van der Waals surface area contributed by atoms with Gasteiger partial charge in [0, 0.05) is 6.42 Å². The Hall–Kier alpha value is -4.80. The van der Waals surface area contributed by atoms with Crippen molar-refractivity contribution >= 4 is 49.7 Å². The summed E-state index contributed by atoms with van der Waals surface area (Å²) in [7, 11) is -2.56. The van der Waals surface area contributed by atoms with E-state index in [1.165, 1.54) is 16.6 Å². The zero-order valence-corrected chi connectivity index (χ0v) is 33.9. The lowest BCUT2D eigenvalue weighted by molar-refractivity contribution is -0.162. The van der Waals surface area contributed by atoms with Crippen LogP contribution in [0, 0.1) is 22.7 Å². The summed E-state index contributed by atoms with van der Waals surface area (Å²) < 4.78 is 41.1. The van der Waals surface area contributed by atoms with Crippen molar-refractivity contribution in [1.29, 1.82) is 5.26 Å². The Morgan fingerprint density at radius 2 is 1.70 bits per heavy atom. The highest BCUT2D eigenvalue weighted by Crippen LogP contribution is 2.45. The number of alkyl carbamates (subject to hydrolysis) is 1. The van der Waals surface area contributed by atoms with E-state index >= 15 is 0 Å². The largest absolute Gasteiger partial charge is 0.461 e. The molecule has 0 aromatic carbocycles. The van der Waals surface area contributed by atoms with Gasteiger partial charge < -0.3 is 38.2 Å². The van der Waals surface area contributed by atoms with Crippen molar-refractivity contribution in [2.75, 3.05) is 18.7 Å². The molecular formula is C35H52N6O12Si. The number of ether oxygens (including phenoxy) is 6. The van der Waals surface area contributed by atoms with Crippen molar-refractivity contribution < 1.29 is 56.8 Å². The monoisotopic (exact) mass is 776 g/mol. The van der Waals surface area contributed by atoms with Gasteiger partial charge in [0.2, 0.25) is 12.4 Å². The average molecular weight is 777 g/mol. The Kier molecular flexibility index (Phi) is 13.8. The van der Waals surface area contributed by atoms with Gasteiger partial charge in [0.15, 0.2) is 20.2 Å². The molecule has 1 fully saturated rings. The number of carbonyl (C=O) groups is 5. The molecule has 0 aliphatic carbocycles. The number of nitrogens with one attached hydrogen (secondary N) is 2. The van der Waals surface area contributed by atoms with Gasteiger partial charge in [-0.3, -0.25) is 14.9 Å². The third-order valence-corrected chi connectivity index (χ3v) is 8.59. The minimum absolute atomic E-state index is 0.0146. The average Bonchev–Trinajstić information content (AvgIpc) is 3.60. The molecule has 2 N–H and O–H groups in total. The van der Waals surface area contributed by atoms with E-state index in [9.17, 15) is 29.2 Å². The SMILES string of the molecule is CCC(=O)O[C@H]1C(O[Si](C)(C)C)[C@](C#N)(c2ccc3c(NC(=O)OCOC(=O)C(C)(C)C)ncnn23)O[C@@H]1COC(=O)[C@@H](NC(=O)OC(C)(C)C)C(C)C. The van der Waals surface area contributed by atoms with Crippen LogP contribution in [-0.2, 0) is 52.8 Å². The van der Waals surface area contributed by atoms with Crippen LogP contribution < -0.4 is 10.6 Å². The van der Waals surface area contributed by atoms with Gasteiger partial charge in [0.25, 0.3) is 0 Å². The van der Waals surface area contributed by atoms with Gasteiger partial charge >= 0.3 is 30.1 Å². The number of hydrogen-bond acceptors (Lipinski definition) is 15. The summed E-state index contributed by atoms with van der Waals surface area (Å²) in [5, 5.41) is 20.3. The maximum absolute atomic E-state index is 13.4. The lowest BCUT2D eigenvalue weighted by Gasteiger charge is -2.33. The molecule has 18 nitrogen and oxygen atoms in total. The summed E-state index contributed by atoms with van der Waals surface area (Å²) in [4.78, 5) is 67.6. The zero-order chi connectivity index (χ0) is 40.8. The Balaban J connectivity index is 1.99. The number of amides is 2.